The molecule has 1 saturated carbocycles. The van der Waals surface area contributed by atoms with E-state index in [1.165, 1.54) is 6.07 Å². The number of para-hydroxylation sites is 1. The van der Waals surface area contributed by atoms with Crippen molar-refractivity contribution in [2.24, 2.45) is 5.92 Å². The fourth-order valence-electron chi connectivity index (χ4n) is 1.45. The second kappa shape index (κ2) is 4.83. The second-order valence-electron chi connectivity index (χ2n) is 3.87. The number of nitro groups is 1. The molecule has 17 heavy (non-hydrogen) atoms. The van der Waals surface area contributed by atoms with Gasteiger partial charge in [-0.1, -0.05) is 6.07 Å². The summed E-state index contributed by atoms with van der Waals surface area (Å²) in [5.74, 6) is 0.220. The molecule has 0 radical (unpaired) electrons. The number of hydrogen-bond donors (Lipinski definition) is 0. The van der Waals surface area contributed by atoms with Crippen molar-refractivity contribution < 1.29 is 14.5 Å². The molecule has 5 nitrogen and oxygen atoms in total. The minimum absolute atomic E-state index is 0.00931. The SMILES string of the molecule is O=C(COc1c(Br)cccc1[N+](=O)[O-])C1CC1. The maximum Gasteiger partial charge on any atom is 0.312 e. The highest BCUT2D eigenvalue weighted by Crippen LogP contribution is 2.35. The zero-order valence-corrected chi connectivity index (χ0v) is 10.5. The molecule has 1 aromatic carbocycles. The van der Waals surface area contributed by atoms with Gasteiger partial charge in [-0.25, -0.2) is 0 Å². The smallest absolute Gasteiger partial charge is 0.312 e. The molecule has 6 heteroatoms. The highest BCUT2D eigenvalue weighted by atomic mass is 79.9. The summed E-state index contributed by atoms with van der Waals surface area (Å²) < 4.78 is 5.74. The Morgan fingerprint density at radius 1 is 1.53 bits per heavy atom. The summed E-state index contributed by atoms with van der Waals surface area (Å²) in [7, 11) is 0. The van der Waals surface area contributed by atoms with Crippen LogP contribution in [0.1, 0.15) is 12.8 Å². The van der Waals surface area contributed by atoms with Crippen LogP contribution in [0.3, 0.4) is 0 Å². The van der Waals surface area contributed by atoms with Gasteiger partial charge in [-0.05, 0) is 34.8 Å². The Kier molecular flexibility index (Phi) is 3.42. The van der Waals surface area contributed by atoms with Gasteiger partial charge in [-0.15, -0.1) is 0 Å². The van der Waals surface area contributed by atoms with Crippen molar-refractivity contribution in [2.75, 3.05) is 6.61 Å². The standard InChI is InChI=1S/C11H10BrNO4/c12-8-2-1-3-9(13(15)16)11(8)17-6-10(14)7-4-5-7/h1-3,7H,4-6H2. The van der Waals surface area contributed by atoms with Gasteiger partial charge in [0.2, 0.25) is 5.75 Å². The first-order chi connectivity index (χ1) is 8.09. The van der Waals surface area contributed by atoms with Crippen LogP contribution in [0.2, 0.25) is 0 Å². The minimum atomic E-state index is -0.526. The van der Waals surface area contributed by atoms with Gasteiger partial charge in [0.05, 0.1) is 9.40 Å². The summed E-state index contributed by atoms with van der Waals surface area (Å²) in [4.78, 5) is 21.7. The molecule has 0 heterocycles. The number of benzene rings is 1. The predicted octanol–water partition coefficient (Wildman–Crippen LogP) is 2.72. The van der Waals surface area contributed by atoms with E-state index >= 15 is 0 Å². The van der Waals surface area contributed by atoms with Crippen molar-refractivity contribution in [3.8, 4) is 5.75 Å². The summed E-state index contributed by atoms with van der Waals surface area (Å²) in [5.41, 5.74) is -0.136. The topological polar surface area (TPSA) is 69.4 Å². The Balaban J connectivity index is 2.12. The normalized spacial score (nSPS) is 14.4. The van der Waals surface area contributed by atoms with Crippen LogP contribution in [0.25, 0.3) is 0 Å². The third kappa shape index (κ3) is 2.82. The van der Waals surface area contributed by atoms with E-state index < -0.39 is 4.92 Å². The van der Waals surface area contributed by atoms with E-state index in [1.54, 1.807) is 12.1 Å². The van der Waals surface area contributed by atoms with Crippen molar-refractivity contribution >= 4 is 27.4 Å². The molecule has 1 aromatic rings. The number of Topliss-reactive ketones (excluding diaryl/α,β-unsaturated/α-hetero) is 1. The Hall–Kier alpha value is -1.43. The molecule has 1 aliphatic rings. The summed E-state index contributed by atoms with van der Waals surface area (Å²) >= 11 is 3.18. The number of hydrogen-bond acceptors (Lipinski definition) is 4. The summed E-state index contributed by atoms with van der Waals surface area (Å²) in [5, 5.41) is 10.8. The Morgan fingerprint density at radius 3 is 2.82 bits per heavy atom. The number of nitro benzene ring substituents is 1. The van der Waals surface area contributed by atoms with Crippen LogP contribution in [0.15, 0.2) is 22.7 Å². The molecule has 0 amide bonds. The third-order valence-electron chi connectivity index (χ3n) is 2.53. The lowest BCUT2D eigenvalue weighted by Crippen LogP contribution is -2.13. The third-order valence-corrected chi connectivity index (χ3v) is 3.16. The monoisotopic (exact) mass is 299 g/mol. The first kappa shape index (κ1) is 12.0. The Labute approximate surface area is 106 Å². The van der Waals surface area contributed by atoms with E-state index in [-0.39, 0.29) is 29.7 Å². The van der Waals surface area contributed by atoms with Crippen LogP contribution in [0.4, 0.5) is 5.69 Å². The van der Waals surface area contributed by atoms with Crippen molar-refractivity contribution in [3.63, 3.8) is 0 Å². The van der Waals surface area contributed by atoms with E-state index in [2.05, 4.69) is 15.9 Å². The first-order valence-electron chi connectivity index (χ1n) is 5.18. The molecule has 2 rings (SSSR count). The van der Waals surface area contributed by atoms with E-state index in [1.807, 2.05) is 0 Å². The number of carbonyl (C=O) groups excluding carboxylic acids is 1. The second-order valence-corrected chi connectivity index (χ2v) is 4.73. The molecular formula is C11H10BrNO4. The van der Waals surface area contributed by atoms with E-state index in [4.69, 9.17) is 4.74 Å². The van der Waals surface area contributed by atoms with Crippen LogP contribution in [-0.4, -0.2) is 17.3 Å². The van der Waals surface area contributed by atoms with Crippen molar-refractivity contribution in [3.05, 3.63) is 32.8 Å². The zero-order valence-electron chi connectivity index (χ0n) is 8.89. The number of rotatable bonds is 5. The maximum absolute atomic E-state index is 11.5. The molecule has 0 aliphatic heterocycles. The number of halogens is 1. The van der Waals surface area contributed by atoms with Crippen LogP contribution in [0, 0.1) is 16.0 Å². The van der Waals surface area contributed by atoms with Crippen LogP contribution < -0.4 is 4.74 Å². The maximum atomic E-state index is 11.5. The van der Waals surface area contributed by atoms with Gasteiger partial charge in [-0.3, -0.25) is 14.9 Å². The largest absolute Gasteiger partial charge is 0.478 e. The molecule has 1 aliphatic carbocycles. The average molecular weight is 300 g/mol. The number of nitrogens with zero attached hydrogens (tertiary/aromatic N) is 1. The lowest BCUT2D eigenvalue weighted by atomic mass is 10.2. The molecule has 90 valence electrons. The Morgan fingerprint density at radius 2 is 2.24 bits per heavy atom. The minimum Gasteiger partial charge on any atom is -0.478 e. The molecule has 0 atom stereocenters. The predicted molar refractivity (Wildman–Crippen MR) is 64.0 cm³/mol. The van der Waals surface area contributed by atoms with Crippen LogP contribution in [-0.2, 0) is 4.79 Å². The van der Waals surface area contributed by atoms with Gasteiger partial charge in [-0.2, -0.15) is 0 Å². The first-order valence-corrected chi connectivity index (χ1v) is 5.97. The summed E-state index contributed by atoms with van der Waals surface area (Å²) in [6, 6.07) is 4.55. The van der Waals surface area contributed by atoms with Crippen molar-refractivity contribution in [1.82, 2.24) is 0 Å². The fraction of sp³-hybridized carbons (Fsp3) is 0.364. The van der Waals surface area contributed by atoms with Gasteiger partial charge in [0.15, 0.2) is 5.78 Å². The molecule has 0 N–H and O–H groups in total. The summed E-state index contributed by atoms with van der Waals surface area (Å²) in [6.45, 7) is -0.103. The lowest BCUT2D eigenvalue weighted by molar-refractivity contribution is -0.385. The highest BCUT2D eigenvalue weighted by molar-refractivity contribution is 9.10. The highest BCUT2D eigenvalue weighted by Gasteiger charge is 2.30. The zero-order chi connectivity index (χ0) is 12.4. The van der Waals surface area contributed by atoms with E-state index in [9.17, 15) is 14.9 Å². The van der Waals surface area contributed by atoms with Crippen LogP contribution >= 0.6 is 15.9 Å². The fourth-order valence-corrected chi connectivity index (χ4v) is 1.92. The van der Waals surface area contributed by atoms with Crippen molar-refractivity contribution in [2.45, 2.75) is 12.8 Å². The van der Waals surface area contributed by atoms with Crippen molar-refractivity contribution in [1.29, 1.82) is 0 Å². The van der Waals surface area contributed by atoms with Gasteiger partial charge >= 0.3 is 5.69 Å². The van der Waals surface area contributed by atoms with E-state index in [0.717, 1.165) is 12.8 Å². The number of ketones is 1. The molecule has 0 unspecified atom stereocenters. The summed E-state index contributed by atoms with van der Waals surface area (Å²) in [6.07, 6.45) is 1.81. The number of carbonyl (C=O) groups is 1. The quantitative estimate of drug-likeness (QED) is 0.619. The lowest BCUT2D eigenvalue weighted by Gasteiger charge is -2.07. The Bertz CT molecular complexity index is 471. The molecule has 0 saturated heterocycles. The molecular weight excluding hydrogens is 290 g/mol. The van der Waals surface area contributed by atoms with E-state index in [0.29, 0.717) is 4.47 Å². The molecule has 1 fully saturated rings. The molecule has 0 spiro atoms. The molecule has 0 bridgehead atoms. The van der Waals surface area contributed by atoms with Crippen LogP contribution in [0.5, 0.6) is 5.75 Å². The number of ether oxygens (including phenoxy) is 1. The molecule has 0 aromatic heterocycles. The average Bonchev–Trinajstić information content (AvgIpc) is 3.10. The van der Waals surface area contributed by atoms with Gasteiger partial charge in [0.25, 0.3) is 0 Å². The van der Waals surface area contributed by atoms with Gasteiger partial charge < -0.3 is 4.74 Å². The van der Waals surface area contributed by atoms with Gasteiger partial charge in [0.1, 0.15) is 6.61 Å². The van der Waals surface area contributed by atoms with Gasteiger partial charge in [0, 0.05) is 12.0 Å².